The molecule has 0 spiro atoms. The third-order valence-electron chi connectivity index (χ3n) is 7.43. The predicted molar refractivity (Wildman–Crippen MR) is 146 cm³/mol. The first-order valence-corrected chi connectivity index (χ1v) is 16.0. The normalized spacial score (nSPS) is 14.4. The zero-order valence-corrected chi connectivity index (χ0v) is 23.8. The summed E-state index contributed by atoms with van der Waals surface area (Å²) < 4.78 is 31.9. The highest BCUT2D eigenvalue weighted by Crippen LogP contribution is 2.37. The standard InChI is InChI=1S/C28H54O7S/c1-3-5-7-9-11-13-14-15-16-17-19-21-23-25(26(29)30)28(27(31)32,36(33,34)35)24-22-20-18-12-10-8-6-4-2/h25H,3-24H2,1-2H3,(H,29,30)(H,31,32)(H,33,34,35). The SMILES string of the molecule is CCCCCCCCCCCCCCC(C(=O)O)C(CCCCCCCCCC)(C(=O)O)S(=O)(=O)O. The summed E-state index contributed by atoms with van der Waals surface area (Å²) in [7, 11) is -5.12. The molecule has 0 radical (unpaired) electrons. The van der Waals surface area contributed by atoms with E-state index in [1.54, 1.807) is 0 Å². The fourth-order valence-corrected chi connectivity index (χ4v) is 6.32. The van der Waals surface area contributed by atoms with Crippen LogP contribution in [-0.2, 0) is 19.7 Å². The van der Waals surface area contributed by atoms with Gasteiger partial charge in [-0.25, -0.2) is 0 Å². The van der Waals surface area contributed by atoms with Crippen LogP contribution in [0.5, 0.6) is 0 Å². The Kier molecular flexibility index (Phi) is 20.2. The average Bonchev–Trinajstić information content (AvgIpc) is 2.80. The monoisotopic (exact) mass is 534 g/mol. The van der Waals surface area contributed by atoms with Gasteiger partial charge < -0.3 is 10.2 Å². The lowest BCUT2D eigenvalue weighted by Crippen LogP contribution is -2.55. The smallest absolute Gasteiger partial charge is 0.328 e. The minimum atomic E-state index is -5.12. The van der Waals surface area contributed by atoms with Crippen LogP contribution in [-0.4, -0.2) is 39.9 Å². The summed E-state index contributed by atoms with van der Waals surface area (Å²) in [4.78, 5) is 24.2. The van der Waals surface area contributed by atoms with E-state index in [4.69, 9.17) is 0 Å². The van der Waals surface area contributed by atoms with Crippen LogP contribution in [0.25, 0.3) is 0 Å². The van der Waals surface area contributed by atoms with E-state index in [9.17, 15) is 32.8 Å². The fraction of sp³-hybridized carbons (Fsp3) is 0.929. The van der Waals surface area contributed by atoms with E-state index in [-0.39, 0.29) is 19.3 Å². The second-order valence-corrected chi connectivity index (χ2v) is 12.1. The van der Waals surface area contributed by atoms with Crippen LogP contribution in [0, 0.1) is 5.92 Å². The Balaban J connectivity index is 4.69. The first-order chi connectivity index (χ1) is 17.1. The molecule has 0 heterocycles. The lowest BCUT2D eigenvalue weighted by molar-refractivity contribution is -0.152. The number of hydrogen-bond acceptors (Lipinski definition) is 4. The maximum absolute atomic E-state index is 12.3. The van der Waals surface area contributed by atoms with Crippen LogP contribution >= 0.6 is 0 Å². The summed E-state index contributed by atoms with van der Waals surface area (Å²) in [6, 6.07) is 0. The van der Waals surface area contributed by atoms with Gasteiger partial charge in [0.25, 0.3) is 10.1 Å². The van der Waals surface area contributed by atoms with Gasteiger partial charge in [-0.2, -0.15) is 8.42 Å². The highest BCUT2D eigenvalue weighted by atomic mass is 32.2. The van der Waals surface area contributed by atoms with E-state index in [2.05, 4.69) is 13.8 Å². The summed E-state index contributed by atoms with van der Waals surface area (Å²) in [6.45, 7) is 4.34. The molecule has 0 aromatic heterocycles. The first-order valence-electron chi connectivity index (χ1n) is 14.6. The van der Waals surface area contributed by atoms with E-state index in [1.807, 2.05) is 0 Å². The Bertz CT molecular complexity index is 677. The van der Waals surface area contributed by atoms with Crippen molar-refractivity contribution < 1.29 is 32.8 Å². The Morgan fingerprint density at radius 3 is 1.25 bits per heavy atom. The number of carbonyl (C=O) groups is 2. The Morgan fingerprint density at radius 2 is 0.944 bits per heavy atom. The van der Waals surface area contributed by atoms with Crippen molar-refractivity contribution in [2.75, 3.05) is 0 Å². The Labute approximate surface area is 220 Å². The highest BCUT2D eigenvalue weighted by molar-refractivity contribution is 7.88. The molecule has 0 fully saturated rings. The second kappa shape index (κ2) is 20.9. The molecular weight excluding hydrogens is 480 g/mol. The molecule has 0 amide bonds. The number of carboxylic acid groups (broad SMARTS) is 2. The molecule has 0 aromatic rings. The van der Waals surface area contributed by atoms with Crippen molar-refractivity contribution in [1.82, 2.24) is 0 Å². The van der Waals surface area contributed by atoms with Gasteiger partial charge in [-0.3, -0.25) is 14.1 Å². The maximum atomic E-state index is 12.3. The van der Waals surface area contributed by atoms with E-state index in [1.165, 1.54) is 51.4 Å². The quantitative estimate of drug-likeness (QED) is 0.0756. The molecule has 0 saturated heterocycles. The molecular formula is C28H54O7S. The minimum absolute atomic E-state index is 0.0735. The van der Waals surface area contributed by atoms with Crippen molar-refractivity contribution in [3.05, 3.63) is 0 Å². The molecule has 0 aliphatic heterocycles. The van der Waals surface area contributed by atoms with Crippen LogP contribution in [0.3, 0.4) is 0 Å². The van der Waals surface area contributed by atoms with Gasteiger partial charge in [-0.05, 0) is 12.8 Å². The molecule has 7 nitrogen and oxygen atoms in total. The van der Waals surface area contributed by atoms with Gasteiger partial charge in [0.05, 0.1) is 5.92 Å². The summed E-state index contributed by atoms with van der Waals surface area (Å²) in [5.74, 6) is -4.91. The summed E-state index contributed by atoms with van der Waals surface area (Å²) in [5, 5.41) is 19.6. The molecule has 0 aliphatic carbocycles. The van der Waals surface area contributed by atoms with E-state index in [0.29, 0.717) is 12.8 Å². The highest BCUT2D eigenvalue weighted by Gasteiger charge is 2.58. The lowest BCUT2D eigenvalue weighted by atomic mass is 9.82. The van der Waals surface area contributed by atoms with Crippen molar-refractivity contribution in [3.8, 4) is 0 Å². The number of hydrogen-bond donors (Lipinski definition) is 3. The fourth-order valence-electron chi connectivity index (χ4n) is 5.12. The largest absolute Gasteiger partial charge is 0.481 e. The average molecular weight is 535 g/mol. The number of carboxylic acids is 2. The maximum Gasteiger partial charge on any atom is 0.328 e. The molecule has 2 atom stereocenters. The zero-order valence-electron chi connectivity index (χ0n) is 23.0. The first kappa shape index (κ1) is 34.9. The molecule has 0 saturated carbocycles. The van der Waals surface area contributed by atoms with Gasteiger partial charge in [-0.15, -0.1) is 0 Å². The van der Waals surface area contributed by atoms with Crippen molar-refractivity contribution in [3.63, 3.8) is 0 Å². The lowest BCUT2D eigenvalue weighted by Gasteiger charge is -2.32. The third kappa shape index (κ3) is 14.0. The van der Waals surface area contributed by atoms with Gasteiger partial charge in [0.1, 0.15) is 0 Å². The van der Waals surface area contributed by atoms with E-state index < -0.39 is 32.7 Å². The van der Waals surface area contributed by atoms with E-state index >= 15 is 0 Å². The van der Waals surface area contributed by atoms with Crippen molar-refractivity contribution in [2.45, 2.75) is 160 Å². The van der Waals surface area contributed by atoms with Gasteiger partial charge in [0.2, 0.25) is 4.75 Å². The molecule has 0 rings (SSSR count). The zero-order chi connectivity index (χ0) is 27.3. The summed E-state index contributed by atoms with van der Waals surface area (Å²) >= 11 is 0. The number of rotatable bonds is 26. The van der Waals surface area contributed by atoms with Crippen molar-refractivity contribution in [1.29, 1.82) is 0 Å². The molecule has 0 bridgehead atoms. The second-order valence-electron chi connectivity index (χ2n) is 10.5. The van der Waals surface area contributed by atoms with Gasteiger partial charge >= 0.3 is 11.9 Å². The molecule has 0 aromatic carbocycles. The molecule has 3 N–H and O–H groups in total. The Hall–Kier alpha value is -1.15. The molecule has 214 valence electrons. The van der Waals surface area contributed by atoms with Crippen LogP contribution in [0.1, 0.15) is 155 Å². The molecule has 2 unspecified atom stereocenters. The van der Waals surface area contributed by atoms with Crippen LogP contribution in [0.15, 0.2) is 0 Å². The summed E-state index contributed by atoms with van der Waals surface area (Å²) in [6.07, 6.45) is 19.8. The van der Waals surface area contributed by atoms with E-state index in [0.717, 1.165) is 57.8 Å². The third-order valence-corrected chi connectivity index (χ3v) is 9.02. The van der Waals surface area contributed by atoms with Gasteiger partial charge in [0.15, 0.2) is 0 Å². The van der Waals surface area contributed by atoms with Crippen LogP contribution in [0.2, 0.25) is 0 Å². The number of unbranched alkanes of at least 4 members (excludes halogenated alkanes) is 18. The molecule has 8 heteroatoms. The Morgan fingerprint density at radius 1 is 0.611 bits per heavy atom. The molecule has 0 aliphatic rings. The summed E-state index contributed by atoms with van der Waals surface area (Å²) in [5.41, 5.74) is 0. The van der Waals surface area contributed by atoms with Crippen molar-refractivity contribution in [2.24, 2.45) is 5.92 Å². The number of aliphatic carboxylic acids is 2. The van der Waals surface area contributed by atoms with Gasteiger partial charge in [-0.1, -0.05) is 142 Å². The van der Waals surface area contributed by atoms with Crippen LogP contribution < -0.4 is 0 Å². The minimum Gasteiger partial charge on any atom is -0.481 e. The van der Waals surface area contributed by atoms with Crippen LogP contribution in [0.4, 0.5) is 0 Å². The molecule has 36 heavy (non-hydrogen) atoms. The predicted octanol–water partition coefficient (Wildman–Crippen LogP) is 8.02. The van der Waals surface area contributed by atoms with Crippen molar-refractivity contribution >= 4 is 22.1 Å². The van der Waals surface area contributed by atoms with Gasteiger partial charge in [0, 0.05) is 0 Å². The topological polar surface area (TPSA) is 129 Å².